The Labute approximate surface area is 171 Å². The normalized spacial score (nSPS) is 11.8. The van der Waals surface area contributed by atoms with Gasteiger partial charge in [0.25, 0.3) is 0 Å². The molecule has 0 amide bonds. The molecule has 0 saturated heterocycles. The van der Waals surface area contributed by atoms with Crippen LogP contribution >= 0.6 is 11.6 Å². The van der Waals surface area contributed by atoms with Gasteiger partial charge in [0, 0.05) is 40.4 Å². The minimum absolute atomic E-state index is 0.219. The molecule has 5 aromatic rings. The second-order valence-corrected chi connectivity index (χ2v) is 7.30. The average Bonchev–Trinajstić information content (AvgIpc) is 3.27. The second-order valence-electron chi connectivity index (χ2n) is 6.89. The number of H-pyrrole nitrogens is 2. The Bertz CT molecular complexity index is 1420. The maximum absolute atomic E-state index is 11.4. The number of aliphatic imine (C=N–C) groups is 1. The van der Waals surface area contributed by atoms with Gasteiger partial charge in [0.1, 0.15) is 0 Å². The van der Waals surface area contributed by atoms with Crippen LogP contribution in [-0.4, -0.2) is 20.7 Å². The molecule has 6 heteroatoms. The highest BCUT2D eigenvalue weighted by Crippen LogP contribution is 2.24. The van der Waals surface area contributed by atoms with E-state index in [1.807, 2.05) is 60.8 Å². The van der Waals surface area contributed by atoms with Crippen LogP contribution in [0.5, 0.6) is 0 Å². The number of nitrogens with one attached hydrogen (secondary N) is 2. The van der Waals surface area contributed by atoms with Gasteiger partial charge in [0.05, 0.1) is 16.7 Å². The van der Waals surface area contributed by atoms with Crippen molar-refractivity contribution in [2.24, 2.45) is 4.99 Å². The van der Waals surface area contributed by atoms with Crippen molar-refractivity contribution in [2.75, 3.05) is 0 Å². The van der Waals surface area contributed by atoms with E-state index in [0.29, 0.717) is 6.54 Å². The third kappa shape index (κ3) is 3.37. The number of hydrogen-bond acceptors (Lipinski definition) is 2. The summed E-state index contributed by atoms with van der Waals surface area (Å²) in [5.74, 6) is 0. The van der Waals surface area contributed by atoms with Crippen LogP contribution in [0.15, 0.2) is 82.7 Å². The van der Waals surface area contributed by atoms with Crippen molar-refractivity contribution in [3.8, 4) is 0 Å². The van der Waals surface area contributed by atoms with Crippen molar-refractivity contribution in [3.63, 3.8) is 0 Å². The van der Waals surface area contributed by atoms with Crippen molar-refractivity contribution >= 4 is 45.4 Å². The van der Waals surface area contributed by atoms with E-state index in [1.165, 1.54) is 0 Å². The number of fused-ring (bicyclic) bond motifs is 2. The van der Waals surface area contributed by atoms with Crippen molar-refractivity contribution < 1.29 is 0 Å². The van der Waals surface area contributed by atoms with Crippen LogP contribution in [0.1, 0.15) is 11.1 Å². The van der Waals surface area contributed by atoms with Crippen LogP contribution in [-0.2, 0) is 6.54 Å². The maximum Gasteiger partial charge on any atom is 0.323 e. The monoisotopic (exact) mass is 400 g/mol. The van der Waals surface area contributed by atoms with Crippen LogP contribution in [0.4, 0.5) is 5.69 Å². The van der Waals surface area contributed by atoms with E-state index >= 15 is 0 Å². The quantitative estimate of drug-likeness (QED) is 0.397. The number of aromatic amines is 2. The molecular weight excluding hydrogens is 384 g/mol. The van der Waals surface area contributed by atoms with Gasteiger partial charge < -0.3 is 14.5 Å². The molecule has 0 unspecified atom stereocenters. The number of para-hydroxylation sites is 1. The van der Waals surface area contributed by atoms with E-state index in [9.17, 15) is 4.79 Å². The summed E-state index contributed by atoms with van der Waals surface area (Å²) < 4.78 is 2.19. The van der Waals surface area contributed by atoms with E-state index in [1.54, 1.807) is 0 Å². The van der Waals surface area contributed by atoms with Gasteiger partial charge in [-0.2, -0.15) is 0 Å². The van der Waals surface area contributed by atoms with Crippen LogP contribution in [0.3, 0.4) is 0 Å². The minimum atomic E-state index is -0.219. The van der Waals surface area contributed by atoms with Gasteiger partial charge in [0.2, 0.25) is 0 Å². The average molecular weight is 401 g/mol. The number of imidazole rings is 1. The topological polar surface area (TPSA) is 65.9 Å². The molecule has 29 heavy (non-hydrogen) atoms. The lowest BCUT2D eigenvalue weighted by Crippen LogP contribution is -1.99. The van der Waals surface area contributed by atoms with Gasteiger partial charge in [-0.15, -0.1) is 0 Å². The molecule has 0 aliphatic heterocycles. The minimum Gasteiger partial charge on any atom is -0.342 e. The number of benzene rings is 3. The van der Waals surface area contributed by atoms with Crippen molar-refractivity contribution in [2.45, 2.75) is 6.54 Å². The molecule has 0 atom stereocenters. The zero-order valence-corrected chi connectivity index (χ0v) is 16.1. The first-order valence-corrected chi connectivity index (χ1v) is 9.62. The third-order valence-electron chi connectivity index (χ3n) is 4.97. The zero-order chi connectivity index (χ0) is 19.8. The number of aromatic nitrogens is 3. The largest absolute Gasteiger partial charge is 0.342 e. The fourth-order valence-corrected chi connectivity index (χ4v) is 3.76. The van der Waals surface area contributed by atoms with Crippen molar-refractivity contribution in [1.82, 2.24) is 14.5 Å². The predicted molar refractivity (Wildman–Crippen MR) is 119 cm³/mol. The SMILES string of the molecule is O=c1[nH]c2ccc(N=Cc3cn(Cc4ccccc4Cl)c4ccccc34)cc2[nH]1. The Morgan fingerprint density at radius 2 is 1.76 bits per heavy atom. The number of halogens is 1. The highest BCUT2D eigenvalue weighted by Gasteiger charge is 2.09. The van der Waals surface area contributed by atoms with Gasteiger partial charge >= 0.3 is 5.69 Å². The molecule has 2 N–H and O–H groups in total. The number of hydrogen-bond donors (Lipinski definition) is 2. The van der Waals surface area contributed by atoms with E-state index in [-0.39, 0.29) is 5.69 Å². The highest BCUT2D eigenvalue weighted by molar-refractivity contribution is 6.31. The smallest absolute Gasteiger partial charge is 0.323 e. The van der Waals surface area contributed by atoms with Gasteiger partial charge in [0.15, 0.2) is 0 Å². The van der Waals surface area contributed by atoms with Crippen LogP contribution in [0.2, 0.25) is 5.02 Å². The zero-order valence-electron chi connectivity index (χ0n) is 15.4. The maximum atomic E-state index is 11.4. The Morgan fingerprint density at radius 3 is 2.66 bits per heavy atom. The first-order chi connectivity index (χ1) is 14.2. The summed E-state index contributed by atoms with van der Waals surface area (Å²) in [6.45, 7) is 0.685. The summed E-state index contributed by atoms with van der Waals surface area (Å²) in [4.78, 5) is 21.6. The van der Waals surface area contributed by atoms with E-state index < -0.39 is 0 Å². The van der Waals surface area contributed by atoms with Gasteiger partial charge in [-0.05, 0) is 35.9 Å². The molecule has 5 nitrogen and oxygen atoms in total. The molecule has 0 fully saturated rings. The Hall–Kier alpha value is -3.57. The number of nitrogens with zero attached hydrogens (tertiary/aromatic N) is 2. The fourth-order valence-electron chi connectivity index (χ4n) is 3.56. The molecule has 0 bridgehead atoms. The summed E-state index contributed by atoms with van der Waals surface area (Å²) >= 11 is 6.36. The van der Waals surface area contributed by atoms with Gasteiger partial charge in [-0.3, -0.25) is 4.99 Å². The first-order valence-electron chi connectivity index (χ1n) is 9.25. The summed E-state index contributed by atoms with van der Waals surface area (Å²) in [6, 6.07) is 21.7. The molecule has 5 rings (SSSR count). The predicted octanol–water partition coefficient (Wildman–Crippen LogP) is 5.26. The van der Waals surface area contributed by atoms with Crippen molar-refractivity contribution in [3.05, 3.63) is 99.6 Å². The molecular formula is C23H17ClN4O. The van der Waals surface area contributed by atoms with E-state index in [4.69, 9.17) is 11.6 Å². The highest BCUT2D eigenvalue weighted by atomic mass is 35.5. The summed E-state index contributed by atoms with van der Waals surface area (Å²) in [5.41, 5.74) is 5.28. The first kappa shape index (κ1) is 17.5. The Balaban J connectivity index is 1.53. The summed E-state index contributed by atoms with van der Waals surface area (Å²) in [7, 11) is 0. The lowest BCUT2D eigenvalue weighted by molar-refractivity contribution is 0.836. The summed E-state index contributed by atoms with van der Waals surface area (Å²) in [5, 5.41) is 1.88. The van der Waals surface area contributed by atoms with E-state index in [0.717, 1.165) is 43.8 Å². The van der Waals surface area contributed by atoms with E-state index in [2.05, 4.69) is 37.9 Å². The molecule has 0 aliphatic rings. The molecule has 0 spiro atoms. The lowest BCUT2D eigenvalue weighted by Gasteiger charge is -2.07. The Morgan fingerprint density at radius 1 is 0.966 bits per heavy atom. The second kappa shape index (κ2) is 7.11. The van der Waals surface area contributed by atoms with Crippen LogP contribution in [0.25, 0.3) is 21.9 Å². The Kier molecular flexibility index (Phi) is 4.30. The van der Waals surface area contributed by atoms with Crippen molar-refractivity contribution in [1.29, 1.82) is 0 Å². The third-order valence-corrected chi connectivity index (χ3v) is 5.34. The fraction of sp³-hybridized carbons (Fsp3) is 0.0435. The molecule has 0 radical (unpaired) electrons. The van der Waals surface area contributed by atoms with Gasteiger partial charge in [-0.1, -0.05) is 48.0 Å². The molecule has 0 aliphatic carbocycles. The molecule has 2 heterocycles. The lowest BCUT2D eigenvalue weighted by atomic mass is 10.2. The molecule has 142 valence electrons. The molecule has 0 saturated carbocycles. The van der Waals surface area contributed by atoms with Crippen LogP contribution in [0, 0.1) is 0 Å². The van der Waals surface area contributed by atoms with Crippen LogP contribution < -0.4 is 5.69 Å². The standard InChI is InChI=1S/C23H17ClN4O/c24-19-7-3-1-5-15(19)13-28-14-16(18-6-2-4-8-22(18)28)12-25-17-9-10-20-21(11-17)27-23(29)26-20/h1-12,14H,13H2,(H2,26,27,29). The summed E-state index contributed by atoms with van der Waals surface area (Å²) in [6.07, 6.45) is 3.95. The number of rotatable bonds is 4. The molecule has 2 aromatic heterocycles. The molecule has 3 aromatic carbocycles. The van der Waals surface area contributed by atoms with Gasteiger partial charge in [-0.25, -0.2) is 4.79 Å².